The Kier molecular flexibility index (Phi) is 10.0. The number of benzene rings is 2. The number of alkyl halides is 3. The molecule has 0 saturated heterocycles. The number of rotatable bonds is 12. The lowest BCUT2D eigenvalue weighted by Gasteiger charge is -2.32. The quantitative estimate of drug-likeness (QED) is 0.231. The number of hydrogen-bond acceptors (Lipinski definition) is 6. The van der Waals surface area contributed by atoms with Gasteiger partial charge in [0.25, 0.3) is 5.91 Å². The Labute approximate surface area is 257 Å². The van der Waals surface area contributed by atoms with Crippen LogP contribution in [0.1, 0.15) is 54.2 Å². The van der Waals surface area contributed by atoms with E-state index in [1.165, 1.54) is 63.6 Å². The Hall–Kier alpha value is -3.90. The van der Waals surface area contributed by atoms with E-state index in [0.717, 1.165) is 18.9 Å². The number of aromatic nitrogens is 1. The second kappa shape index (κ2) is 13.4. The maximum atomic E-state index is 14.6. The molecule has 13 heteroatoms. The minimum absolute atomic E-state index is 0.0450. The lowest BCUT2D eigenvalue weighted by atomic mass is 9.89. The van der Waals surface area contributed by atoms with E-state index < -0.39 is 47.5 Å². The molecule has 2 unspecified atom stereocenters. The number of methoxy groups -OCH3 is 2. The minimum Gasteiger partial charge on any atom is -0.493 e. The molecule has 0 spiro atoms. The van der Waals surface area contributed by atoms with Crippen LogP contribution in [0.2, 0.25) is 5.02 Å². The van der Waals surface area contributed by atoms with Crippen molar-refractivity contribution in [2.24, 2.45) is 0 Å². The fourth-order valence-electron chi connectivity index (χ4n) is 4.68. The van der Waals surface area contributed by atoms with Crippen LogP contribution in [0, 0.1) is 5.82 Å². The van der Waals surface area contributed by atoms with E-state index in [-0.39, 0.29) is 45.9 Å². The van der Waals surface area contributed by atoms with Crippen LogP contribution in [-0.4, -0.2) is 56.4 Å². The number of amides is 2. The lowest BCUT2D eigenvalue weighted by molar-refractivity contribution is -0.149. The molecule has 0 bridgehead atoms. The van der Waals surface area contributed by atoms with Gasteiger partial charge < -0.3 is 24.8 Å². The largest absolute Gasteiger partial charge is 0.493 e. The van der Waals surface area contributed by atoms with Gasteiger partial charge in [0.15, 0.2) is 11.5 Å². The van der Waals surface area contributed by atoms with Crippen LogP contribution < -0.4 is 20.1 Å². The molecule has 1 heterocycles. The SMILES string of the molecule is COCC(C)(NC(C)=O)c1cc(-c2ccc(F)c(Cl)c2)nc(C(CNC(=O)c2ccc(OC3CC3)c(OC)c2)C(F)(F)F)c1. The van der Waals surface area contributed by atoms with Crippen LogP contribution in [0.3, 0.4) is 0 Å². The number of ether oxygens (including phenoxy) is 3. The first-order valence-electron chi connectivity index (χ1n) is 13.7. The van der Waals surface area contributed by atoms with Gasteiger partial charge in [-0.1, -0.05) is 11.6 Å². The first-order chi connectivity index (χ1) is 20.7. The van der Waals surface area contributed by atoms with Crippen LogP contribution in [0.25, 0.3) is 11.3 Å². The Balaban J connectivity index is 1.72. The molecular weight excluding hydrogens is 606 g/mol. The summed E-state index contributed by atoms with van der Waals surface area (Å²) < 4.78 is 74.1. The third-order valence-corrected chi connectivity index (χ3v) is 7.33. The van der Waals surface area contributed by atoms with Crippen molar-refractivity contribution in [3.05, 3.63) is 76.2 Å². The van der Waals surface area contributed by atoms with E-state index in [0.29, 0.717) is 5.75 Å². The Morgan fingerprint density at radius 2 is 1.80 bits per heavy atom. The molecule has 2 atom stereocenters. The number of nitrogens with zero attached hydrogens (tertiary/aromatic N) is 1. The topological polar surface area (TPSA) is 98.8 Å². The molecule has 2 aromatic carbocycles. The maximum absolute atomic E-state index is 14.6. The summed E-state index contributed by atoms with van der Waals surface area (Å²) in [5, 5.41) is 4.84. The summed E-state index contributed by atoms with van der Waals surface area (Å²) in [7, 11) is 2.79. The van der Waals surface area contributed by atoms with Gasteiger partial charge in [0.2, 0.25) is 5.91 Å². The Morgan fingerprint density at radius 3 is 2.39 bits per heavy atom. The molecule has 0 radical (unpaired) electrons. The summed E-state index contributed by atoms with van der Waals surface area (Å²) in [6.07, 6.45) is -2.95. The van der Waals surface area contributed by atoms with Gasteiger partial charge in [-0.25, -0.2) is 4.39 Å². The number of carbonyl (C=O) groups is 2. The summed E-state index contributed by atoms with van der Waals surface area (Å²) in [6, 6.07) is 10.7. The monoisotopic (exact) mass is 637 g/mol. The molecule has 236 valence electrons. The van der Waals surface area contributed by atoms with E-state index in [9.17, 15) is 27.2 Å². The minimum atomic E-state index is -4.85. The second-order valence-corrected chi connectivity index (χ2v) is 11.1. The smallest absolute Gasteiger partial charge is 0.398 e. The van der Waals surface area contributed by atoms with Crippen molar-refractivity contribution in [2.45, 2.75) is 50.4 Å². The molecule has 1 aromatic heterocycles. The number of nitrogens with one attached hydrogen (secondary N) is 2. The molecule has 1 aliphatic carbocycles. The van der Waals surface area contributed by atoms with Gasteiger partial charge in [-0.3, -0.25) is 14.6 Å². The number of pyridine rings is 1. The van der Waals surface area contributed by atoms with Gasteiger partial charge >= 0.3 is 6.18 Å². The predicted octanol–water partition coefficient (Wildman–Crippen LogP) is 6.16. The molecule has 44 heavy (non-hydrogen) atoms. The summed E-state index contributed by atoms with van der Waals surface area (Å²) in [4.78, 5) is 29.3. The molecule has 4 rings (SSSR count). The van der Waals surface area contributed by atoms with Gasteiger partial charge in [0.1, 0.15) is 11.7 Å². The number of halogens is 5. The van der Waals surface area contributed by atoms with Crippen molar-refractivity contribution in [2.75, 3.05) is 27.4 Å². The first-order valence-corrected chi connectivity index (χ1v) is 14.1. The van der Waals surface area contributed by atoms with Crippen molar-refractivity contribution in [3.8, 4) is 22.8 Å². The molecule has 1 saturated carbocycles. The van der Waals surface area contributed by atoms with Gasteiger partial charge in [-0.15, -0.1) is 0 Å². The zero-order valence-electron chi connectivity index (χ0n) is 24.5. The summed E-state index contributed by atoms with van der Waals surface area (Å²) in [5.74, 6) is -3.47. The molecule has 0 aliphatic heterocycles. The van der Waals surface area contributed by atoms with Crippen molar-refractivity contribution >= 4 is 23.4 Å². The van der Waals surface area contributed by atoms with Crippen molar-refractivity contribution < 1.29 is 41.4 Å². The normalized spacial score (nSPS) is 15.2. The van der Waals surface area contributed by atoms with Crippen molar-refractivity contribution in [3.63, 3.8) is 0 Å². The van der Waals surface area contributed by atoms with E-state index in [4.69, 9.17) is 25.8 Å². The third kappa shape index (κ3) is 7.97. The van der Waals surface area contributed by atoms with Crippen LogP contribution in [-0.2, 0) is 15.1 Å². The zero-order valence-corrected chi connectivity index (χ0v) is 25.2. The van der Waals surface area contributed by atoms with Gasteiger partial charge in [-0.2, -0.15) is 13.2 Å². The van der Waals surface area contributed by atoms with Gasteiger partial charge in [0.05, 0.1) is 41.8 Å². The molecule has 2 amide bonds. The maximum Gasteiger partial charge on any atom is 0.398 e. The zero-order chi connectivity index (χ0) is 32.2. The second-order valence-electron chi connectivity index (χ2n) is 10.7. The fraction of sp³-hybridized carbons (Fsp3) is 0.387. The average molecular weight is 638 g/mol. The van der Waals surface area contributed by atoms with Crippen LogP contribution >= 0.6 is 11.6 Å². The summed E-state index contributed by atoms with van der Waals surface area (Å²) >= 11 is 5.96. The number of carbonyl (C=O) groups excluding carboxylic acids is 2. The lowest BCUT2D eigenvalue weighted by Crippen LogP contribution is -2.46. The average Bonchev–Trinajstić information content (AvgIpc) is 3.77. The van der Waals surface area contributed by atoms with E-state index in [1.54, 1.807) is 6.92 Å². The molecule has 2 N–H and O–H groups in total. The van der Waals surface area contributed by atoms with E-state index in [2.05, 4.69) is 15.6 Å². The van der Waals surface area contributed by atoms with E-state index in [1.807, 2.05) is 0 Å². The summed E-state index contributed by atoms with van der Waals surface area (Å²) in [6.45, 7) is 1.92. The Bertz CT molecular complexity index is 1530. The molecular formula is C31H32ClF4N3O5. The van der Waals surface area contributed by atoms with Gasteiger partial charge in [-0.05, 0) is 73.9 Å². The van der Waals surface area contributed by atoms with Gasteiger partial charge in [0, 0.05) is 31.7 Å². The number of hydrogen-bond donors (Lipinski definition) is 2. The van der Waals surface area contributed by atoms with Crippen LogP contribution in [0.15, 0.2) is 48.5 Å². The highest BCUT2D eigenvalue weighted by Crippen LogP contribution is 2.38. The van der Waals surface area contributed by atoms with Crippen molar-refractivity contribution in [1.82, 2.24) is 15.6 Å². The summed E-state index contributed by atoms with van der Waals surface area (Å²) in [5.41, 5.74) is -1.10. The molecule has 1 fully saturated rings. The van der Waals surface area contributed by atoms with Crippen molar-refractivity contribution in [1.29, 1.82) is 0 Å². The molecule has 8 nitrogen and oxygen atoms in total. The highest BCUT2D eigenvalue weighted by atomic mass is 35.5. The fourth-order valence-corrected chi connectivity index (χ4v) is 4.86. The van der Waals surface area contributed by atoms with E-state index >= 15 is 0 Å². The highest BCUT2D eigenvalue weighted by Gasteiger charge is 2.43. The molecule has 1 aliphatic rings. The predicted molar refractivity (Wildman–Crippen MR) is 155 cm³/mol. The third-order valence-electron chi connectivity index (χ3n) is 7.05. The molecule has 3 aromatic rings. The Morgan fingerprint density at radius 1 is 1.07 bits per heavy atom. The highest BCUT2D eigenvalue weighted by molar-refractivity contribution is 6.31. The van der Waals surface area contributed by atoms with Crippen LogP contribution in [0.4, 0.5) is 17.6 Å². The van der Waals surface area contributed by atoms with Crippen LogP contribution in [0.5, 0.6) is 11.5 Å². The first kappa shape index (κ1) is 33.0. The standard InChI is InChI=1S/C31H32ClF4N3O5/c1-17(40)39-30(2,16-42-3)20-13-25(18-5-9-24(33)23(32)11-18)38-26(14-20)22(31(34,35)36)15-37-29(41)19-6-10-27(28(12-19)43-4)44-21-7-8-21/h5-6,9-14,21-22H,7-8,15-16H2,1-4H3,(H,37,41)(H,39,40).